The second-order valence-corrected chi connectivity index (χ2v) is 7.02. The van der Waals surface area contributed by atoms with Crippen molar-refractivity contribution in [3.05, 3.63) is 95.1 Å². The number of carbonyl (C=O) groups is 4. The number of hydrogen-bond donors (Lipinski definition) is 0. The molecule has 0 heterocycles. The lowest BCUT2D eigenvalue weighted by Gasteiger charge is -2.09. The first kappa shape index (κ1) is 19.2. The lowest BCUT2D eigenvalue weighted by Crippen LogP contribution is -1.90. The fraction of sp³-hybridized carbons (Fsp3) is 0. The SMILES string of the molecule is O=Cc1cc(C=O)cc(-c2ccc3cc(-c4cc(C=O)cc(C=O)c4)ccc3c2)c1. The summed E-state index contributed by atoms with van der Waals surface area (Å²) in [5.41, 5.74) is 5.18. The van der Waals surface area contributed by atoms with E-state index in [1.807, 2.05) is 36.4 Å². The molecule has 0 radical (unpaired) electrons. The zero-order chi connectivity index (χ0) is 21.1. The first-order valence-electron chi connectivity index (χ1n) is 9.29. The average Bonchev–Trinajstić information content (AvgIpc) is 2.82. The molecule has 144 valence electrons. The zero-order valence-corrected chi connectivity index (χ0v) is 15.9. The van der Waals surface area contributed by atoms with Gasteiger partial charge in [0.1, 0.15) is 25.1 Å². The molecule has 0 N–H and O–H groups in total. The van der Waals surface area contributed by atoms with Crippen LogP contribution in [-0.2, 0) is 0 Å². The number of benzene rings is 4. The van der Waals surface area contributed by atoms with Crippen LogP contribution in [0.1, 0.15) is 41.4 Å². The highest BCUT2D eigenvalue weighted by atomic mass is 16.1. The van der Waals surface area contributed by atoms with Crippen molar-refractivity contribution in [3.63, 3.8) is 0 Å². The smallest absolute Gasteiger partial charge is 0.150 e. The average molecular weight is 392 g/mol. The Kier molecular flexibility index (Phi) is 5.14. The summed E-state index contributed by atoms with van der Waals surface area (Å²) in [6, 6.07) is 21.9. The highest BCUT2D eigenvalue weighted by Crippen LogP contribution is 2.30. The first-order valence-corrected chi connectivity index (χ1v) is 9.29. The summed E-state index contributed by atoms with van der Waals surface area (Å²) in [4.78, 5) is 44.7. The van der Waals surface area contributed by atoms with Crippen LogP contribution in [0.15, 0.2) is 72.8 Å². The van der Waals surface area contributed by atoms with E-state index in [9.17, 15) is 19.2 Å². The quantitative estimate of drug-likeness (QED) is 0.411. The molecule has 4 nitrogen and oxygen atoms in total. The second-order valence-electron chi connectivity index (χ2n) is 7.02. The minimum absolute atomic E-state index is 0.450. The standard InChI is InChI=1S/C26H16O4/c27-13-17-5-18(14-28)8-25(7-17)23-3-1-21-11-24(4-2-22(21)12-23)26-9-19(15-29)6-20(10-26)16-30/h1-16H. The minimum Gasteiger partial charge on any atom is -0.298 e. The topological polar surface area (TPSA) is 68.3 Å². The molecule has 0 aliphatic rings. The van der Waals surface area contributed by atoms with Gasteiger partial charge in [-0.15, -0.1) is 0 Å². The Bertz CT molecular complexity index is 1160. The molecule has 0 aliphatic heterocycles. The maximum atomic E-state index is 11.2. The van der Waals surface area contributed by atoms with Crippen LogP contribution in [0.2, 0.25) is 0 Å². The summed E-state index contributed by atoms with van der Waals surface area (Å²) in [6.07, 6.45) is 2.91. The Balaban J connectivity index is 1.79. The molecule has 0 saturated carbocycles. The van der Waals surface area contributed by atoms with Crippen LogP contribution in [-0.4, -0.2) is 25.1 Å². The van der Waals surface area contributed by atoms with Gasteiger partial charge in [0.05, 0.1) is 0 Å². The van der Waals surface area contributed by atoms with Crippen molar-refractivity contribution in [2.24, 2.45) is 0 Å². The van der Waals surface area contributed by atoms with Crippen molar-refractivity contribution in [2.75, 3.05) is 0 Å². The van der Waals surface area contributed by atoms with Gasteiger partial charge in [-0.3, -0.25) is 19.2 Å². The predicted octanol–water partition coefficient (Wildman–Crippen LogP) is 5.42. The molecule has 0 amide bonds. The second kappa shape index (κ2) is 8.05. The fourth-order valence-electron chi connectivity index (χ4n) is 3.56. The fourth-order valence-corrected chi connectivity index (χ4v) is 3.56. The molecular formula is C26H16O4. The molecule has 0 atom stereocenters. The first-order chi connectivity index (χ1) is 14.6. The van der Waals surface area contributed by atoms with Gasteiger partial charge < -0.3 is 0 Å². The highest BCUT2D eigenvalue weighted by Gasteiger charge is 2.07. The normalized spacial score (nSPS) is 10.5. The van der Waals surface area contributed by atoms with Crippen molar-refractivity contribution in [2.45, 2.75) is 0 Å². The van der Waals surface area contributed by atoms with Crippen molar-refractivity contribution >= 4 is 35.9 Å². The van der Waals surface area contributed by atoms with Crippen molar-refractivity contribution < 1.29 is 19.2 Å². The molecule has 4 aromatic carbocycles. The lowest BCUT2D eigenvalue weighted by molar-refractivity contribution is 0.111. The Morgan fingerprint density at radius 1 is 0.367 bits per heavy atom. The van der Waals surface area contributed by atoms with Gasteiger partial charge >= 0.3 is 0 Å². The maximum Gasteiger partial charge on any atom is 0.150 e. The van der Waals surface area contributed by atoms with Crippen LogP contribution < -0.4 is 0 Å². The number of hydrogen-bond acceptors (Lipinski definition) is 4. The third kappa shape index (κ3) is 3.71. The van der Waals surface area contributed by atoms with Gasteiger partial charge in [-0.1, -0.05) is 24.3 Å². The maximum absolute atomic E-state index is 11.2. The lowest BCUT2D eigenvalue weighted by atomic mass is 9.95. The van der Waals surface area contributed by atoms with Crippen molar-refractivity contribution in [3.8, 4) is 22.3 Å². The summed E-state index contributed by atoms with van der Waals surface area (Å²) in [5.74, 6) is 0. The van der Waals surface area contributed by atoms with Gasteiger partial charge in [-0.05, 0) is 81.6 Å². The molecule has 0 aliphatic carbocycles. The van der Waals surface area contributed by atoms with E-state index in [2.05, 4.69) is 0 Å². The highest BCUT2D eigenvalue weighted by molar-refractivity contribution is 5.94. The van der Waals surface area contributed by atoms with Crippen molar-refractivity contribution in [1.82, 2.24) is 0 Å². The molecule has 0 fully saturated rings. The monoisotopic (exact) mass is 392 g/mol. The summed E-state index contributed by atoms with van der Waals surface area (Å²) < 4.78 is 0. The van der Waals surface area contributed by atoms with Crippen LogP contribution in [0.5, 0.6) is 0 Å². The molecule has 0 aromatic heterocycles. The number of carbonyl (C=O) groups excluding carboxylic acids is 4. The third-order valence-corrected chi connectivity index (χ3v) is 5.01. The summed E-state index contributed by atoms with van der Waals surface area (Å²) in [7, 11) is 0. The van der Waals surface area contributed by atoms with E-state index >= 15 is 0 Å². The number of fused-ring (bicyclic) bond motifs is 1. The molecule has 0 unspecified atom stereocenters. The van der Waals surface area contributed by atoms with Crippen LogP contribution in [0.4, 0.5) is 0 Å². The van der Waals surface area contributed by atoms with E-state index in [1.165, 1.54) is 0 Å². The molecule has 0 bridgehead atoms. The number of rotatable bonds is 6. The van der Waals surface area contributed by atoms with Crippen LogP contribution in [0, 0.1) is 0 Å². The third-order valence-electron chi connectivity index (χ3n) is 5.01. The Morgan fingerprint density at radius 3 is 1.00 bits per heavy atom. The van der Waals surface area contributed by atoms with E-state index in [-0.39, 0.29) is 0 Å². The van der Waals surface area contributed by atoms with Crippen molar-refractivity contribution in [1.29, 1.82) is 0 Å². The molecule has 4 heteroatoms. The van der Waals surface area contributed by atoms with E-state index in [0.717, 1.165) is 58.2 Å². The minimum atomic E-state index is 0.450. The van der Waals surface area contributed by atoms with Gasteiger partial charge in [0.15, 0.2) is 0 Å². The zero-order valence-electron chi connectivity index (χ0n) is 15.9. The van der Waals surface area contributed by atoms with Gasteiger partial charge in [-0.2, -0.15) is 0 Å². The van der Waals surface area contributed by atoms with E-state index in [0.29, 0.717) is 22.3 Å². The van der Waals surface area contributed by atoms with Gasteiger partial charge in [0.25, 0.3) is 0 Å². The Morgan fingerprint density at radius 2 is 0.700 bits per heavy atom. The summed E-state index contributed by atoms with van der Waals surface area (Å²) >= 11 is 0. The van der Waals surface area contributed by atoms with Crippen LogP contribution in [0.3, 0.4) is 0 Å². The molecule has 0 saturated heterocycles. The van der Waals surface area contributed by atoms with E-state index in [1.54, 1.807) is 36.4 Å². The van der Waals surface area contributed by atoms with Gasteiger partial charge in [0.2, 0.25) is 0 Å². The van der Waals surface area contributed by atoms with E-state index in [4.69, 9.17) is 0 Å². The molecule has 0 spiro atoms. The molecule has 30 heavy (non-hydrogen) atoms. The number of aldehydes is 4. The van der Waals surface area contributed by atoms with Crippen LogP contribution >= 0.6 is 0 Å². The summed E-state index contributed by atoms with van der Waals surface area (Å²) in [5, 5.41) is 1.98. The molecular weight excluding hydrogens is 376 g/mol. The molecule has 4 aromatic rings. The molecule has 4 rings (SSSR count). The Labute approximate surface area is 172 Å². The summed E-state index contributed by atoms with van der Waals surface area (Å²) in [6.45, 7) is 0. The van der Waals surface area contributed by atoms with Gasteiger partial charge in [0, 0.05) is 22.3 Å². The largest absolute Gasteiger partial charge is 0.298 e. The predicted molar refractivity (Wildman–Crippen MR) is 116 cm³/mol. The van der Waals surface area contributed by atoms with E-state index < -0.39 is 0 Å². The Hall–Kier alpha value is -4.18. The van der Waals surface area contributed by atoms with Crippen LogP contribution in [0.25, 0.3) is 33.0 Å². The van der Waals surface area contributed by atoms with Gasteiger partial charge in [-0.25, -0.2) is 0 Å².